The minimum absolute atomic E-state index is 0.0852. The Kier molecular flexibility index (Phi) is 3.22. The first kappa shape index (κ1) is 9.47. The minimum atomic E-state index is -0.423. The highest BCUT2D eigenvalue weighted by molar-refractivity contribution is 5.50. The van der Waals surface area contributed by atoms with Gasteiger partial charge in [-0.1, -0.05) is 6.07 Å². The summed E-state index contributed by atoms with van der Waals surface area (Å²) < 4.78 is 0. The second-order valence-electron chi connectivity index (χ2n) is 2.52. The summed E-state index contributed by atoms with van der Waals surface area (Å²) in [5.74, 6) is 0. The zero-order valence-electron chi connectivity index (χ0n) is 7.06. The van der Waals surface area contributed by atoms with Crippen LogP contribution in [0.5, 0.6) is 0 Å². The summed E-state index contributed by atoms with van der Waals surface area (Å²) in [6.45, 7) is 1.11. The van der Waals surface area contributed by atoms with E-state index in [1.807, 2.05) is 0 Å². The van der Waals surface area contributed by atoms with Crippen LogP contribution in [-0.2, 0) is 0 Å². The van der Waals surface area contributed by atoms with Crippen LogP contribution in [0.3, 0.4) is 0 Å². The van der Waals surface area contributed by atoms with E-state index in [0.29, 0.717) is 13.1 Å². The van der Waals surface area contributed by atoms with Gasteiger partial charge < -0.3 is 11.1 Å². The number of nitro groups is 1. The molecule has 0 amide bonds. The molecular formula is C8H11N3O2. The zero-order chi connectivity index (χ0) is 9.68. The molecule has 3 N–H and O–H groups in total. The zero-order valence-corrected chi connectivity index (χ0v) is 7.06. The first-order chi connectivity index (χ1) is 6.24. The normalized spacial score (nSPS) is 9.62. The van der Waals surface area contributed by atoms with E-state index in [9.17, 15) is 10.1 Å². The van der Waals surface area contributed by atoms with Crippen LogP contribution in [0.2, 0.25) is 0 Å². The van der Waals surface area contributed by atoms with Crippen molar-refractivity contribution in [2.24, 2.45) is 5.73 Å². The fraction of sp³-hybridized carbons (Fsp3) is 0.250. The van der Waals surface area contributed by atoms with E-state index in [-0.39, 0.29) is 5.69 Å². The fourth-order valence-corrected chi connectivity index (χ4v) is 0.946. The number of hydrogen-bond acceptors (Lipinski definition) is 4. The highest BCUT2D eigenvalue weighted by atomic mass is 16.6. The van der Waals surface area contributed by atoms with E-state index < -0.39 is 4.92 Å². The lowest BCUT2D eigenvalue weighted by atomic mass is 10.3. The van der Waals surface area contributed by atoms with Crippen LogP contribution in [0.4, 0.5) is 11.4 Å². The molecule has 1 aromatic rings. The first-order valence-corrected chi connectivity index (χ1v) is 3.92. The van der Waals surface area contributed by atoms with Gasteiger partial charge in [-0.05, 0) is 6.07 Å². The molecule has 0 radical (unpaired) electrons. The number of nitrogens with one attached hydrogen (secondary N) is 1. The molecule has 5 heteroatoms. The van der Waals surface area contributed by atoms with Gasteiger partial charge in [-0.3, -0.25) is 10.1 Å². The van der Waals surface area contributed by atoms with Gasteiger partial charge in [-0.2, -0.15) is 0 Å². The summed E-state index contributed by atoms with van der Waals surface area (Å²) in [5.41, 5.74) is 6.08. The molecule has 0 saturated carbocycles. The third-order valence-corrected chi connectivity index (χ3v) is 1.53. The first-order valence-electron chi connectivity index (χ1n) is 3.92. The predicted octanol–water partition coefficient (Wildman–Crippen LogP) is 0.965. The van der Waals surface area contributed by atoms with Crippen molar-refractivity contribution >= 4 is 11.4 Å². The number of nitro benzene ring substituents is 1. The monoisotopic (exact) mass is 181 g/mol. The molecule has 0 spiro atoms. The van der Waals surface area contributed by atoms with Crippen molar-refractivity contribution in [3.8, 4) is 0 Å². The quantitative estimate of drug-likeness (QED) is 0.535. The van der Waals surface area contributed by atoms with Crippen LogP contribution in [0, 0.1) is 10.1 Å². The van der Waals surface area contributed by atoms with Gasteiger partial charge in [0, 0.05) is 30.9 Å². The van der Waals surface area contributed by atoms with Crippen LogP contribution in [0.1, 0.15) is 0 Å². The Hall–Kier alpha value is -1.62. The molecule has 0 aromatic heterocycles. The summed E-state index contributed by atoms with van der Waals surface area (Å²) in [7, 11) is 0. The second-order valence-corrected chi connectivity index (χ2v) is 2.52. The van der Waals surface area contributed by atoms with Crippen molar-refractivity contribution in [3.63, 3.8) is 0 Å². The van der Waals surface area contributed by atoms with E-state index in [4.69, 9.17) is 5.73 Å². The van der Waals surface area contributed by atoms with Crippen LogP contribution >= 0.6 is 0 Å². The molecule has 0 heterocycles. The van der Waals surface area contributed by atoms with Crippen molar-refractivity contribution in [3.05, 3.63) is 34.4 Å². The number of nitrogens with two attached hydrogens (primary N) is 1. The number of rotatable bonds is 4. The van der Waals surface area contributed by atoms with Crippen LogP contribution in [0.15, 0.2) is 24.3 Å². The Morgan fingerprint density at radius 3 is 2.92 bits per heavy atom. The maximum absolute atomic E-state index is 10.4. The van der Waals surface area contributed by atoms with E-state index in [0.717, 1.165) is 5.69 Å². The van der Waals surface area contributed by atoms with Crippen molar-refractivity contribution in [1.82, 2.24) is 0 Å². The van der Waals surface area contributed by atoms with Gasteiger partial charge in [-0.15, -0.1) is 0 Å². The van der Waals surface area contributed by atoms with Crippen molar-refractivity contribution in [2.75, 3.05) is 18.4 Å². The SMILES string of the molecule is NCCNc1cccc([N+](=O)[O-])c1. The lowest BCUT2D eigenvalue weighted by Gasteiger charge is -2.02. The number of non-ortho nitro benzene ring substituents is 1. The maximum atomic E-state index is 10.4. The third kappa shape index (κ3) is 2.72. The Bertz CT molecular complexity index is 301. The molecule has 1 aromatic carbocycles. The smallest absolute Gasteiger partial charge is 0.271 e. The van der Waals surface area contributed by atoms with Crippen LogP contribution < -0.4 is 11.1 Å². The summed E-state index contributed by atoms with van der Waals surface area (Å²) in [4.78, 5) is 9.96. The lowest BCUT2D eigenvalue weighted by Crippen LogP contribution is -2.12. The maximum Gasteiger partial charge on any atom is 0.271 e. The van der Waals surface area contributed by atoms with Gasteiger partial charge >= 0.3 is 0 Å². The van der Waals surface area contributed by atoms with Gasteiger partial charge in [-0.25, -0.2) is 0 Å². The van der Waals surface area contributed by atoms with Gasteiger partial charge in [0.25, 0.3) is 5.69 Å². The van der Waals surface area contributed by atoms with Crippen molar-refractivity contribution in [1.29, 1.82) is 0 Å². The average molecular weight is 181 g/mol. The summed E-state index contributed by atoms with van der Waals surface area (Å²) in [5, 5.41) is 13.3. The molecule has 1 rings (SSSR count). The molecule has 0 aliphatic heterocycles. The molecule has 0 fully saturated rings. The number of hydrogen-bond donors (Lipinski definition) is 2. The van der Waals surface area contributed by atoms with Crippen LogP contribution in [0.25, 0.3) is 0 Å². The number of nitrogens with zero attached hydrogens (tertiary/aromatic N) is 1. The molecule has 0 atom stereocenters. The van der Waals surface area contributed by atoms with Gasteiger partial charge in [0.1, 0.15) is 0 Å². The standard InChI is InChI=1S/C8H11N3O2/c9-4-5-10-7-2-1-3-8(6-7)11(12)13/h1-3,6,10H,4-5,9H2. The summed E-state index contributed by atoms with van der Waals surface area (Å²) in [6, 6.07) is 6.34. The molecule has 0 saturated heterocycles. The van der Waals surface area contributed by atoms with Gasteiger partial charge in [0.2, 0.25) is 0 Å². The molecule has 0 bridgehead atoms. The molecular weight excluding hydrogens is 170 g/mol. The molecule has 0 aliphatic carbocycles. The summed E-state index contributed by atoms with van der Waals surface area (Å²) in [6.07, 6.45) is 0. The largest absolute Gasteiger partial charge is 0.384 e. The molecule has 70 valence electrons. The molecule has 5 nitrogen and oxygen atoms in total. The average Bonchev–Trinajstić information content (AvgIpc) is 2.15. The van der Waals surface area contributed by atoms with E-state index in [1.54, 1.807) is 12.1 Å². The van der Waals surface area contributed by atoms with E-state index in [1.165, 1.54) is 12.1 Å². The number of benzene rings is 1. The highest BCUT2D eigenvalue weighted by Gasteiger charge is 2.04. The van der Waals surface area contributed by atoms with Crippen LogP contribution in [-0.4, -0.2) is 18.0 Å². The Labute approximate surface area is 75.7 Å². The van der Waals surface area contributed by atoms with E-state index in [2.05, 4.69) is 5.32 Å². The Morgan fingerprint density at radius 2 is 2.31 bits per heavy atom. The second kappa shape index (κ2) is 4.42. The predicted molar refractivity (Wildman–Crippen MR) is 50.6 cm³/mol. The number of anilines is 1. The Balaban J connectivity index is 2.73. The third-order valence-electron chi connectivity index (χ3n) is 1.53. The molecule has 0 unspecified atom stereocenters. The Morgan fingerprint density at radius 1 is 1.54 bits per heavy atom. The molecule has 0 aliphatic rings. The topological polar surface area (TPSA) is 81.2 Å². The molecule has 13 heavy (non-hydrogen) atoms. The van der Waals surface area contributed by atoms with E-state index >= 15 is 0 Å². The lowest BCUT2D eigenvalue weighted by molar-refractivity contribution is -0.384. The van der Waals surface area contributed by atoms with Crippen molar-refractivity contribution < 1.29 is 4.92 Å². The van der Waals surface area contributed by atoms with Gasteiger partial charge in [0.15, 0.2) is 0 Å². The minimum Gasteiger partial charge on any atom is -0.384 e. The summed E-state index contributed by atoms with van der Waals surface area (Å²) >= 11 is 0. The van der Waals surface area contributed by atoms with Gasteiger partial charge in [0.05, 0.1) is 4.92 Å². The highest BCUT2D eigenvalue weighted by Crippen LogP contribution is 2.16. The van der Waals surface area contributed by atoms with Crippen molar-refractivity contribution in [2.45, 2.75) is 0 Å². The fourth-order valence-electron chi connectivity index (χ4n) is 0.946.